The summed E-state index contributed by atoms with van der Waals surface area (Å²) in [4.78, 5) is 29.2. The van der Waals surface area contributed by atoms with E-state index in [1.54, 1.807) is 37.6 Å². The fraction of sp³-hybridized carbons (Fsp3) is 0.444. The van der Waals surface area contributed by atoms with Gasteiger partial charge in [0.15, 0.2) is 5.82 Å². The number of carbonyl (C=O) groups excluding carboxylic acids is 1. The van der Waals surface area contributed by atoms with Crippen LogP contribution in [0.5, 0.6) is 0 Å². The molecule has 0 aliphatic carbocycles. The van der Waals surface area contributed by atoms with E-state index in [4.69, 9.17) is 0 Å². The van der Waals surface area contributed by atoms with E-state index in [0.29, 0.717) is 6.54 Å². The van der Waals surface area contributed by atoms with Gasteiger partial charge in [-0.1, -0.05) is 6.07 Å². The van der Waals surface area contributed by atoms with Crippen molar-refractivity contribution in [2.24, 2.45) is 0 Å². The molecule has 1 N–H and O–H groups in total. The van der Waals surface area contributed by atoms with E-state index in [0.717, 1.165) is 43.3 Å². The Morgan fingerprint density at radius 3 is 2.84 bits per heavy atom. The van der Waals surface area contributed by atoms with Crippen LogP contribution in [0.15, 0.2) is 36.8 Å². The van der Waals surface area contributed by atoms with Crippen molar-refractivity contribution in [1.29, 1.82) is 0 Å². The molecule has 1 aliphatic heterocycles. The Morgan fingerprint density at radius 1 is 1.24 bits per heavy atom. The predicted octanol–water partition coefficient (Wildman–Crippen LogP) is 1.88. The summed E-state index contributed by atoms with van der Waals surface area (Å²) in [6, 6.07) is 5.71. The summed E-state index contributed by atoms with van der Waals surface area (Å²) < 4.78 is 0. The number of anilines is 2. The number of pyridine rings is 1. The maximum absolute atomic E-state index is 12.0. The topological polar surface area (TPSA) is 74.2 Å². The maximum atomic E-state index is 12.0. The molecule has 7 heteroatoms. The summed E-state index contributed by atoms with van der Waals surface area (Å²) in [6.07, 6.45) is 7.24. The molecule has 0 saturated carbocycles. The maximum Gasteiger partial charge on any atom is 0.236 e. The van der Waals surface area contributed by atoms with Gasteiger partial charge in [0, 0.05) is 45.1 Å². The molecule has 2 aromatic heterocycles. The number of piperidine rings is 1. The van der Waals surface area contributed by atoms with E-state index < -0.39 is 0 Å². The monoisotopic (exact) mass is 340 g/mol. The standard InChI is InChI=1S/C18H24N6O/c1-23(2)16(25)13-24-11-5-6-14(12-24)17-18(21-10-9-20-17)22-15-7-3-4-8-19-15/h3-4,7-10,14H,5-6,11-13H2,1-2H3,(H,19,21,22). The zero-order valence-electron chi connectivity index (χ0n) is 14.7. The lowest BCUT2D eigenvalue weighted by molar-refractivity contribution is -0.130. The van der Waals surface area contributed by atoms with Gasteiger partial charge >= 0.3 is 0 Å². The van der Waals surface area contributed by atoms with Gasteiger partial charge in [-0.2, -0.15) is 0 Å². The van der Waals surface area contributed by atoms with Crippen LogP contribution in [0.4, 0.5) is 11.6 Å². The number of likely N-dealkylation sites (N-methyl/N-ethyl adjacent to an activating group) is 1. The molecule has 1 unspecified atom stereocenters. The molecule has 0 radical (unpaired) electrons. The van der Waals surface area contributed by atoms with Gasteiger partial charge in [-0.05, 0) is 31.5 Å². The molecule has 0 spiro atoms. The van der Waals surface area contributed by atoms with Gasteiger partial charge in [-0.15, -0.1) is 0 Å². The van der Waals surface area contributed by atoms with Crippen molar-refractivity contribution in [2.45, 2.75) is 18.8 Å². The van der Waals surface area contributed by atoms with Gasteiger partial charge in [0.2, 0.25) is 5.91 Å². The van der Waals surface area contributed by atoms with Crippen LogP contribution in [0.25, 0.3) is 0 Å². The Balaban J connectivity index is 1.74. The highest BCUT2D eigenvalue weighted by Gasteiger charge is 2.26. The smallest absolute Gasteiger partial charge is 0.236 e. The molecule has 7 nitrogen and oxygen atoms in total. The Labute approximate surface area is 148 Å². The van der Waals surface area contributed by atoms with E-state index in [9.17, 15) is 4.79 Å². The van der Waals surface area contributed by atoms with E-state index in [1.807, 2.05) is 18.2 Å². The van der Waals surface area contributed by atoms with Crippen LogP contribution in [0, 0.1) is 0 Å². The highest BCUT2D eigenvalue weighted by Crippen LogP contribution is 2.30. The number of nitrogens with one attached hydrogen (secondary N) is 1. The first-order valence-corrected chi connectivity index (χ1v) is 8.55. The Bertz CT molecular complexity index is 706. The summed E-state index contributed by atoms with van der Waals surface area (Å²) in [5, 5.41) is 3.27. The van der Waals surface area contributed by atoms with E-state index in [-0.39, 0.29) is 11.8 Å². The number of likely N-dealkylation sites (tertiary alicyclic amines) is 1. The quantitative estimate of drug-likeness (QED) is 0.896. The van der Waals surface area contributed by atoms with Crippen LogP contribution >= 0.6 is 0 Å². The second-order valence-corrected chi connectivity index (χ2v) is 6.49. The number of amides is 1. The average Bonchev–Trinajstić information content (AvgIpc) is 2.63. The van der Waals surface area contributed by atoms with Crippen LogP contribution in [-0.2, 0) is 4.79 Å². The van der Waals surface area contributed by atoms with Crippen LogP contribution in [0.1, 0.15) is 24.5 Å². The average molecular weight is 340 g/mol. The van der Waals surface area contributed by atoms with Gasteiger partial charge < -0.3 is 10.2 Å². The summed E-state index contributed by atoms with van der Waals surface area (Å²) >= 11 is 0. The largest absolute Gasteiger partial charge is 0.348 e. The molecule has 1 fully saturated rings. The van der Waals surface area contributed by atoms with Gasteiger partial charge in [0.1, 0.15) is 5.82 Å². The normalized spacial score (nSPS) is 17.9. The molecule has 3 rings (SSSR count). The highest BCUT2D eigenvalue weighted by atomic mass is 16.2. The molecule has 1 saturated heterocycles. The lowest BCUT2D eigenvalue weighted by atomic mass is 9.94. The van der Waals surface area contributed by atoms with Crippen molar-refractivity contribution < 1.29 is 4.79 Å². The third-order valence-electron chi connectivity index (χ3n) is 4.39. The van der Waals surface area contributed by atoms with Crippen LogP contribution in [0.3, 0.4) is 0 Å². The number of aromatic nitrogens is 3. The van der Waals surface area contributed by atoms with Crippen molar-refractivity contribution in [2.75, 3.05) is 39.0 Å². The zero-order chi connectivity index (χ0) is 17.6. The molecule has 3 heterocycles. The predicted molar refractivity (Wildman–Crippen MR) is 96.7 cm³/mol. The minimum atomic E-state index is 0.131. The molecule has 0 bridgehead atoms. The lowest BCUT2D eigenvalue weighted by Crippen LogP contribution is -2.41. The number of nitrogens with zero attached hydrogens (tertiary/aromatic N) is 5. The lowest BCUT2D eigenvalue weighted by Gasteiger charge is -2.33. The molecular formula is C18H24N6O. The molecule has 2 aromatic rings. The minimum absolute atomic E-state index is 0.131. The summed E-state index contributed by atoms with van der Waals surface area (Å²) in [7, 11) is 3.59. The number of hydrogen-bond donors (Lipinski definition) is 1. The van der Waals surface area contributed by atoms with Crippen LogP contribution in [-0.4, -0.2) is 64.4 Å². The van der Waals surface area contributed by atoms with Crippen molar-refractivity contribution in [3.8, 4) is 0 Å². The van der Waals surface area contributed by atoms with Crippen molar-refractivity contribution in [3.05, 3.63) is 42.5 Å². The Hall–Kier alpha value is -2.54. The number of hydrogen-bond acceptors (Lipinski definition) is 6. The molecular weight excluding hydrogens is 316 g/mol. The van der Waals surface area contributed by atoms with Crippen molar-refractivity contribution >= 4 is 17.5 Å². The highest BCUT2D eigenvalue weighted by molar-refractivity contribution is 5.77. The molecule has 0 aromatic carbocycles. The van der Waals surface area contributed by atoms with Gasteiger partial charge in [-0.3, -0.25) is 14.7 Å². The van der Waals surface area contributed by atoms with Crippen molar-refractivity contribution in [1.82, 2.24) is 24.8 Å². The van der Waals surface area contributed by atoms with E-state index in [1.165, 1.54) is 0 Å². The molecule has 1 aliphatic rings. The summed E-state index contributed by atoms with van der Waals surface area (Å²) in [5.74, 6) is 1.88. The van der Waals surface area contributed by atoms with Crippen molar-refractivity contribution in [3.63, 3.8) is 0 Å². The fourth-order valence-corrected chi connectivity index (χ4v) is 3.06. The Kier molecular flexibility index (Phi) is 5.55. The Morgan fingerprint density at radius 2 is 2.08 bits per heavy atom. The molecule has 25 heavy (non-hydrogen) atoms. The first-order chi connectivity index (χ1) is 12.1. The fourth-order valence-electron chi connectivity index (χ4n) is 3.06. The summed E-state index contributed by atoms with van der Waals surface area (Å²) in [5.41, 5.74) is 0.940. The number of carbonyl (C=O) groups is 1. The van der Waals surface area contributed by atoms with E-state index in [2.05, 4.69) is 25.2 Å². The number of rotatable bonds is 5. The minimum Gasteiger partial charge on any atom is -0.348 e. The van der Waals surface area contributed by atoms with Crippen LogP contribution < -0.4 is 5.32 Å². The molecule has 132 valence electrons. The van der Waals surface area contributed by atoms with Gasteiger partial charge in [0.25, 0.3) is 0 Å². The SMILES string of the molecule is CN(C)C(=O)CN1CCCC(c2nccnc2Nc2ccccn2)C1. The molecule has 1 atom stereocenters. The summed E-state index contributed by atoms with van der Waals surface area (Å²) in [6.45, 7) is 2.21. The first-order valence-electron chi connectivity index (χ1n) is 8.55. The first kappa shape index (κ1) is 17.3. The van der Waals surface area contributed by atoms with Crippen LogP contribution in [0.2, 0.25) is 0 Å². The van der Waals surface area contributed by atoms with Gasteiger partial charge in [0.05, 0.1) is 12.2 Å². The van der Waals surface area contributed by atoms with E-state index >= 15 is 0 Å². The zero-order valence-corrected chi connectivity index (χ0v) is 14.7. The second-order valence-electron chi connectivity index (χ2n) is 6.49. The van der Waals surface area contributed by atoms with Gasteiger partial charge in [-0.25, -0.2) is 9.97 Å². The second kappa shape index (κ2) is 8.02. The third kappa shape index (κ3) is 4.51. The molecule has 1 amide bonds. The third-order valence-corrected chi connectivity index (χ3v) is 4.39.